The summed E-state index contributed by atoms with van der Waals surface area (Å²) in [7, 11) is 3.04. The molecule has 0 unspecified atom stereocenters. The van der Waals surface area contributed by atoms with Crippen LogP contribution in [0.25, 0.3) is 0 Å². The molecule has 100 valence electrons. The van der Waals surface area contributed by atoms with E-state index >= 15 is 0 Å². The Kier molecular flexibility index (Phi) is 3.79. The number of carbonyl (C=O) groups is 1. The van der Waals surface area contributed by atoms with Crippen LogP contribution < -0.4 is 4.74 Å². The summed E-state index contributed by atoms with van der Waals surface area (Å²) >= 11 is 0. The van der Waals surface area contributed by atoms with Crippen LogP contribution in [0, 0.1) is 5.82 Å². The number of aromatic amines is 1. The predicted molar refractivity (Wildman–Crippen MR) is 67.3 cm³/mol. The Balaban J connectivity index is 2.14. The Hall–Kier alpha value is -2.37. The van der Waals surface area contributed by atoms with E-state index in [0.29, 0.717) is 11.6 Å². The van der Waals surface area contributed by atoms with Gasteiger partial charge in [-0.25, -0.2) is 9.37 Å². The van der Waals surface area contributed by atoms with Crippen molar-refractivity contribution in [2.75, 3.05) is 14.2 Å². The molecule has 1 heterocycles. The van der Waals surface area contributed by atoms with Gasteiger partial charge >= 0.3 is 0 Å². The number of ether oxygens (including phenoxy) is 1. The van der Waals surface area contributed by atoms with Crippen molar-refractivity contribution in [1.29, 1.82) is 0 Å². The number of halogens is 1. The van der Waals surface area contributed by atoms with E-state index < -0.39 is 11.7 Å². The Morgan fingerprint density at radius 2 is 2.32 bits per heavy atom. The lowest BCUT2D eigenvalue weighted by molar-refractivity contribution is 0.0777. The normalized spacial score (nSPS) is 10.3. The van der Waals surface area contributed by atoms with Crippen LogP contribution in [0.1, 0.15) is 16.2 Å². The summed E-state index contributed by atoms with van der Waals surface area (Å²) in [5.74, 6) is 0.0136. The fraction of sp³-hybridized carbons (Fsp3) is 0.231. The third-order valence-corrected chi connectivity index (χ3v) is 2.70. The number of imidazole rings is 1. The molecule has 2 aromatic rings. The van der Waals surface area contributed by atoms with E-state index in [1.807, 2.05) is 0 Å². The molecule has 0 bridgehead atoms. The number of methoxy groups -OCH3 is 1. The molecule has 1 aromatic carbocycles. The third kappa shape index (κ3) is 2.90. The average molecular weight is 263 g/mol. The molecule has 2 rings (SSSR count). The molecule has 19 heavy (non-hydrogen) atoms. The molecule has 5 nitrogen and oxygen atoms in total. The van der Waals surface area contributed by atoms with Crippen molar-refractivity contribution in [3.8, 4) is 5.75 Å². The van der Waals surface area contributed by atoms with Crippen molar-refractivity contribution in [3.63, 3.8) is 0 Å². The Morgan fingerprint density at radius 1 is 1.53 bits per heavy atom. The van der Waals surface area contributed by atoms with Gasteiger partial charge in [0.15, 0.2) is 0 Å². The van der Waals surface area contributed by atoms with Crippen LogP contribution in [0.3, 0.4) is 0 Å². The van der Waals surface area contributed by atoms with Gasteiger partial charge in [-0.2, -0.15) is 0 Å². The molecule has 0 saturated carbocycles. The van der Waals surface area contributed by atoms with Gasteiger partial charge in [0, 0.05) is 25.5 Å². The Labute approximate surface area is 110 Å². The van der Waals surface area contributed by atoms with Crippen LogP contribution in [0.2, 0.25) is 0 Å². The van der Waals surface area contributed by atoms with Crippen molar-refractivity contribution in [1.82, 2.24) is 14.9 Å². The maximum Gasteiger partial charge on any atom is 0.256 e. The lowest BCUT2D eigenvalue weighted by Gasteiger charge is -2.16. The number of nitrogens with zero attached hydrogens (tertiary/aromatic N) is 2. The topological polar surface area (TPSA) is 58.2 Å². The van der Waals surface area contributed by atoms with E-state index in [4.69, 9.17) is 4.74 Å². The van der Waals surface area contributed by atoms with Gasteiger partial charge in [-0.05, 0) is 12.1 Å². The number of hydrogen-bond acceptors (Lipinski definition) is 3. The molecule has 6 heteroatoms. The molecular formula is C13H14FN3O2. The SMILES string of the molecule is COc1ccc(C(=O)N(C)Cc2ncc[nH]2)c(F)c1. The number of H-pyrrole nitrogens is 1. The molecule has 1 N–H and O–H groups in total. The van der Waals surface area contributed by atoms with Crippen LogP contribution in [-0.4, -0.2) is 34.9 Å². The average Bonchev–Trinajstić information content (AvgIpc) is 2.90. The summed E-state index contributed by atoms with van der Waals surface area (Å²) in [5.41, 5.74) is 0.00913. The molecule has 0 aliphatic heterocycles. The molecule has 1 amide bonds. The number of nitrogens with one attached hydrogen (secondary N) is 1. The van der Waals surface area contributed by atoms with Gasteiger partial charge < -0.3 is 14.6 Å². The highest BCUT2D eigenvalue weighted by atomic mass is 19.1. The standard InChI is InChI=1S/C13H14FN3O2/c1-17(8-12-15-5-6-16-12)13(18)10-4-3-9(19-2)7-11(10)14/h3-7H,8H2,1-2H3,(H,15,16). The number of aromatic nitrogens is 2. The first kappa shape index (κ1) is 13.1. The first-order chi connectivity index (χ1) is 9.11. The summed E-state index contributed by atoms with van der Waals surface area (Å²) in [6, 6.07) is 4.15. The smallest absolute Gasteiger partial charge is 0.256 e. The van der Waals surface area contributed by atoms with Crippen LogP contribution in [0.5, 0.6) is 5.75 Å². The Bertz CT molecular complexity index is 569. The second kappa shape index (κ2) is 5.51. The van der Waals surface area contributed by atoms with Gasteiger partial charge in [0.05, 0.1) is 19.2 Å². The highest BCUT2D eigenvalue weighted by Crippen LogP contribution is 2.17. The zero-order valence-electron chi connectivity index (χ0n) is 10.7. The Morgan fingerprint density at radius 3 is 2.89 bits per heavy atom. The van der Waals surface area contributed by atoms with E-state index in [9.17, 15) is 9.18 Å². The van der Waals surface area contributed by atoms with Crippen LogP contribution in [0.15, 0.2) is 30.6 Å². The molecule has 0 saturated heterocycles. The number of benzene rings is 1. The van der Waals surface area contributed by atoms with Gasteiger partial charge in [-0.15, -0.1) is 0 Å². The van der Waals surface area contributed by atoms with Crippen molar-refractivity contribution in [2.45, 2.75) is 6.54 Å². The zero-order valence-corrected chi connectivity index (χ0v) is 10.7. The fourth-order valence-electron chi connectivity index (χ4n) is 1.68. The largest absolute Gasteiger partial charge is 0.497 e. The van der Waals surface area contributed by atoms with E-state index in [2.05, 4.69) is 9.97 Å². The second-order valence-corrected chi connectivity index (χ2v) is 4.04. The molecule has 0 aliphatic carbocycles. The molecule has 0 atom stereocenters. The van der Waals surface area contributed by atoms with Crippen LogP contribution >= 0.6 is 0 Å². The van der Waals surface area contributed by atoms with Crippen LogP contribution in [-0.2, 0) is 6.54 Å². The summed E-state index contributed by atoms with van der Waals surface area (Å²) in [5, 5.41) is 0. The van der Waals surface area contributed by atoms with Gasteiger partial charge in [-0.1, -0.05) is 0 Å². The summed E-state index contributed by atoms with van der Waals surface area (Å²) in [6.07, 6.45) is 3.27. The quantitative estimate of drug-likeness (QED) is 0.915. The summed E-state index contributed by atoms with van der Waals surface area (Å²) in [6.45, 7) is 0.289. The highest BCUT2D eigenvalue weighted by molar-refractivity contribution is 5.94. The maximum absolute atomic E-state index is 13.8. The highest BCUT2D eigenvalue weighted by Gasteiger charge is 2.17. The minimum atomic E-state index is -0.601. The maximum atomic E-state index is 13.8. The fourth-order valence-corrected chi connectivity index (χ4v) is 1.68. The number of rotatable bonds is 4. The summed E-state index contributed by atoms with van der Waals surface area (Å²) in [4.78, 5) is 20.4. The van der Waals surface area contributed by atoms with Crippen molar-refractivity contribution < 1.29 is 13.9 Å². The van der Waals surface area contributed by atoms with Crippen molar-refractivity contribution >= 4 is 5.91 Å². The van der Waals surface area contributed by atoms with Gasteiger partial charge in [-0.3, -0.25) is 4.79 Å². The minimum Gasteiger partial charge on any atom is -0.497 e. The van der Waals surface area contributed by atoms with Crippen molar-refractivity contribution in [3.05, 3.63) is 47.8 Å². The molecule has 0 spiro atoms. The molecule has 0 radical (unpaired) electrons. The summed E-state index contributed by atoms with van der Waals surface area (Å²) < 4.78 is 18.7. The first-order valence-corrected chi connectivity index (χ1v) is 5.69. The predicted octanol–water partition coefficient (Wildman–Crippen LogP) is 1.83. The molecular weight excluding hydrogens is 249 g/mol. The lowest BCUT2D eigenvalue weighted by Crippen LogP contribution is -2.27. The van der Waals surface area contributed by atoms with E-state index in [0.717, 1.165) is 0 Å². The van der Waals surface area contributed by atoms with Gasteiger partial charge in [0.2, 0.25) is 0 Å². The molecule has 0 aliphatic rings. The van der Waals surface area contributed by atoms with E-state index in [-0.39, 0.29) is 12.1 Å². The molecule has 1 aromatic heterocycles. The molecule has 0 fully saturated rings. The van der Waals surface area contributed by atoms with Gasteiger partial charge in [0.1, 0.15) is 17.4 Å². The lowest BCUT2D eigenvalue weighted by atomic mass is 10.2. The first-order valence-electron chi connectivity index (χ1n) is 5.69. The number of amides is 1. The van der Waals surface area contributed by atoms with E-state index in [1.165, 1.54) is 24.1 Å². The van der Waals surface area contributed by atoms with Crippen LogP contribution in [0.4, 0.5) is 4.39 Å². The third-order valence-electron chi connectivity index (χ3n) is 2.70. The zero-order chi connectivity index (χ0) is 13.8. The number of carbonyl (C=O) groups excluding carboxylic acids is 1. The van der Waals surface area contributed by atoms with Gasteiger partial charge in [0.25, 0.3) is 5.91 Å². The van der Waals surface area contributed by atoms with Crippen molar-refractivity contribution in [2.24, 2.45) is 0 Å². The monoisotopic (exact) mass is 263 g/mol. The second-order valence-electron chi connectivity index (χ2n) is 4.04. The van der Waals surface area contributed by atoms with E-state index in [1.54, 1.807) is 25.5 Å². The number of hydrogen-bond donors (Lipinski definition) is 1. The minimum absolute atomic E-state index is 0.00913.